The average Bonchev–Trinajstić information content (AvgIpc) is 2.66. The van der Waals surface area contributed by atoms with Gasteiger partial charge >= 0.3 is 5.97 Å². The molecule has 2 aromatic rings. The smallest absolute Gasteiger partial charge is 0.338 e. The molecule has 26 heavy (non-hydrogen) atoms. The average molecular weight is 422 g/mol. The van der Waals surface area contributed by atoms with Gasteiger partial charge in [0.25, 0.3) is 5.91 Å². The van der Waals surface area contributed by atoms with Crippen molar-refractivity contribution in [3.63, 3.8) is 0 Å². The monoisotopic (exact) mass is 421 g/mol. The fourth-order valence-corrected chi connectivity index (χ4v) is 2.72. The van der Waals surface area contributed by atoms with Gasteiger partial charge in [-0.15, -0.1) is 0 Å². The van der Waals surface area contributed by atoms with E-state index in [-0.39, 0.29) is 11.9 Å². The first-order valence-electron chi connectivity index (χ1n) is 8.00. The Bertz CT molecular complexity index is 764. The minimum atomic E-state index is -0.382. The first kappa shape index (κ1) is 19.8. The fourth-order valence-electron chi connectivity index (χ4n) is 2.17. The molecule has 0 heterocycles. The van der Waals surface area contributed by atoms with Crippen molar-refractivity contribution in [3.8, 4) is 11.5 Å². The van der Waals surface area contributed by atoms with Crippen molar-refractivity contribution in [2.45, 2.75) is 13.3 Å². The van der Waals surface area contributed by atoms with Crippen molar-refractivity contribution in [1.82, 2.24) is 0 Å². The van der Waals surface area contributed by atoms with Crippen LogP contribution in [0.15, 0.2) is 40.9 Å². The molecule has 138 valence electrons. The number of esters is 1. The summed E-state index contributed by atoms with van der Waals surface area (Å²) < 4.78 is 16.2. The highest BCUT2D eigenvalue weighted by molar-refractivity contribution is 9.10. The molecule has 2 rings (SSSR count). The number of rotatable bonds is 7. The molecule has 0 aromatic heterocycles. The Hall–Kier alpha value is -2.54. The van der Waals surface area contributed by atoms with E-state index in [2.05, 4.69) is 21.2 Å². The van der Waals surface area contributed by atoms with Gasteiger partial charge < -0.3 is 19.5 Å². The molecule has 0 radical (unpaired) electrons. The van der Waals surface area contributed by atoms with Gasteiger partial charge in [-0.3, -0.25) is 4.79 Å². The van der Waals surface area contributed by atoms with Gasteiger partial charge in [0.05, 0.1) is 26.4 Å². The second kappa shape index (κ2) is 9.24. The van der Waals surface area contributed by atoms with Crippen LogP contribution in [0.5, 0.6) is 11.5 Å². The predicted octanol–water partition coefficient (Wildman–Crippen LogP) is 4.29. The molecule has 0 aliphatic heterocycles. The number of hydrogen-bond donors (Lipinski definition) is 1. The minimum Gasteiger partial charge on any atom is -0.495 e. The molecule has 0 aliphatic rings. The van der Waals surface area contributed by atoms with Crippen molar-refractivity contribution in [3.05, 3.63) is 52.0 Å². The molecule has 0 spiro atoms. The van der Waals surface area contributed by atoms with Crippen LogP contribution in [0.4, 0.5) is 5.69 Å². The first-order chi connectivity index (χ1) is 12.5. The van der Waals surface area contributed by atoms with Crippen LogP contribution in [0.1, 0.15) is 34.1 Å². The number of halogens is 1. The molecule has 1 N–H and O–H groups in total. The zero-order valence-corrected chi connectivity index (χ0v) is 16.4. The number of ether oxygens (including phenoxy) is 3. The fraction of sp³-hybridized carbons (Fsp3) is 0.263. The molecule has 2 aromatic carbocycles. The van der Waals surface area contributed by atoms with Gasteiger partial charge in [-0.25, -0.2) is 4.79 Å². The highest BCUT2D eigenvalue weighted by Crippen LogP contribution is 2.35. The van der Waals surface area contributed by atoms with Crippen molar-refractivity contribution in [2.24, 2.45) is 0 Å². The molecule has 0 fully saturated rings. The summed E-state index contributed by atoms with van der Waals surface area (Å²) in [5.74, 6) is 0.273. The lowest BCUT2D eigenvalue weighted by molar-refractivity contribution is 0.0505. The van der Waals surface area contributed by atoms with Gasteiger partial charge in [0.1, 0.15) is 16.0 Å². The molecular weight excluding hydrogens is 402 g/mol. The highest BCUT2D eigenvalue weighted by atomic mass is 79.9. The van der Waals surface area contributed by atoms with Crippen LogP contribution < -0.4 is 14.8 Å². The molecule has 0 atom stereocenters. The summed E-state index contributed by atoms with van der Waals surface area (Å²) in [5.41, 5.74) is 1.37. The largest absolute Gasteiger partial charge is 0.495 e. The Kier molecular flexibility index (Phi) is 7.03. The second-order valence-corrected chi connectivity index (χ2v) is 6.16. The number of benzene rings is 2. The summed E-state index contributed by atoms with van der Waals surface area (Å²) in [6.07, 6.45) is 0.764. The first-order valence-corrected chi connectivity index (χ1v) is 8.79. The van der Waals surface area contributed by atoms with Crippen LogP contribution in [0, 0.1) is 0 Å². The number of amides is 1. The highest BCUT2D eigenvalue weighted by Gasteiger charge is 2.15. The van der Waals surface area contributed by atoms with E-state index in [4.69, 9.17) is 14.2 Å². The van der Waals surface area contributed by atoms with Crippen molar-refractivity contribution < 1.29 is 23.8 Å². The molecule has 7 heteroatoms. The zero-order chi connectivity index (χ0) is 19.1. The molecule has 0 bridgehead atoms. The lowest BCUT2D eigenvalue weighted by Gasteiger charge is -2.12. The van der Waals surface area contributed by atoms with E-state index < -0.39 is 0 Å². The van der Waals surface area contributed by atoms with Gasteiger partial charge in [0, 0.05) is 11.3 Å². The molecule has 0 saturated carbocycles. The van der Waals surface area contributed by atoms with Crippen molar-refractivity contribution in [2.75, 3.05) is 26.1 Å². The Morgan fingerprint density at radius 1 is 1.00 bits per heavy atom. The van der Waals surface area contributed by atoms with Gasteiger partial charge in [-0.2, -0.15) is 0 Å². The topological polar surface area (TPSA) is 73.9 Å². The van der Waals surface area contributed by atoms with Crippen LogP contribution in [-0.4, -0.2) is 32.7 Å². The number of hydrogen-bond acceptors (Lipinski definition) is 5. The van der Waals surface area contributed by atoms with E-state index in [0.717, 1.165) is 6.42 Å². The third kappa shape index (κ3) is 4.76. The van der Waals surface area contributed by atoms with E-state index in [1.54, 1.807) is 36.4 Å². The molecule has 6 nitrogen and oxygen atoms in total. The minimum absolute atomic E-state index is 0.324. The zero-order valence-electron chi connectivity index (χ0n) is 14.8. The van der Waals surface area contributed by atoms with Gasteiger partial charge in [0.15, 0.2) is 0 Å². The summed E-state index contributed by atoms with van der Waals surface area (Å²) in [6.45, 7) is 2.31. The summed E-state index contributed by atoms with van der Waals surface area (Å²) >= 11 is 3.37. The normalized spacial score (nSPS) is 10.2. The molecule has 0 aliphatic carbocycles. The summed E-state index contributed by atoms with van der Waals surface area (Å²) in [4.78, 5) is 24.3. The third-order valence-corrected chi connectivity index (χ3v) is 4.31. The lowest BCUT2D eigenvalue weighted by atomic mass is 10.1. The number of nitrogens with one attached hydrogen (secondary N) is 1. The maximum Gasteiger partial charge on any atom is 0.338 e. The quantitative estimate of drug-likeness (QED) is 0.675. The molecule has 0 saturated heterocycles. The number of carbonyl (C=O) groups is 2. The molecule has 1 amide bonds. The predicted molar refractivity (Wildman–Crippen MR) is 102 cm³/mol. The SMILES string of the molecule is CCCOC(=O)c1ccc(NC(=O)c2cc(OC)c(Br)c(OC)c2)cc1. The van der Waals surface area contributed by atoms with Gasteiger partial charge in [-0.05, 0) is 58.7 Å². The van der Waals surface area contributed by atoms with Crippen LogP contribution in [-0.2, 0) is 4.74 Å². The van der Waals surface area contributed by atoms with Gasteiger partial charge in [-0.1, -0.05) is 6.92 Å². The van der Waals surface area contributed by atoms with Crippen LogP contribution in [0.25, 0.3) is 0 Å². The Balaban J connectivity index is 2.13. The van der Waals surface area contributed by atoms with E-state index in [1.807, 2.05) is 6.92 Å². The number of methoxy groups -OCH3 is 2. The molecular formula is C19H20BrNO5. The van der Waals surface area contributed by atoms with E-state index in [0.29, 0.717) is 39.4 Å². The van der Waals surface area contributed by atoms with E-state index in [9.17, 15) is 9.59 Å². The Labute approximate surface area is 160 Å². The van der Waals surface area contributed by atoms with Crippen LogP contribution in [0.3, 0.4) is 0 Å². The Morgan fingerprint density at radius 2 is 1.58 bits per heavy atom. The third-order valence-electron chi connectivity index (χ3n) is 3.52. The van der Waals surface area contributed by atoms with Crippen molar-refractivity contribution >= 4 is 33.5 Å². The van der Waals surface area contributed by atoms with Crippen LogP contribution in [0.2, 0.25) is 0 Å². The van der Waals surface area contributed by atoms with E-state index >= 15 is 0 Å². The van der Waals surface area contributed by atoms with Crippen molar-refractivity contribution in [1.29, 1.82) is 0 Å². The van der Waals surface area contributed by atoms with Crippen LogP contribution >= 0.6 is 15.9 Å². The maximum atomic E-state index is 12.5. The number of carbonyl (C=O) groups excluding carboxylic acids is 2. The molecule has 0 unspecified atom stereocenters. The second-order valence-electron chi connectivity index (χ2n) is 5.36. The van der Waals surface area contributed by atoms with Gasteiger partial charge in [0.2, 0.25) is 0 Å². The standard InChI is InChI=1S/C19H20BrNO5/c1-4-9-26-19(23)12-5-7-14(8-6-12)21-18(22)13-10-15(24-2)17(20)16(11-13)25-3/h5-8,10-11H,4,9H2,1-3H3,(H,21,22). The van der Waals surface area contributed by atoms with E-state index in [1.165, 1.54) is 14.2 Å². The maximum absolute atomic E-state index is 12.5. The number of anilines is 1. The lowest BCUT2D eigenvalue weighted by Crippen LogP contribution is -2.13. The summed E-state index contributed by atoms with van der Waals surface area (Å²) in [5, 5.41) is 2.77. The summed E-state index contributed by atoms with van der Waals surface area (Å²) in [7, 11) is 3.02. The summed E-state index contributed by atoms with van der Waals surface area (Å²) in [6, 6.07) is 9.73. The Morgan fingerprint density at radius 3 is 2.08 bits per heavy atom.